The number of hydrogen-bond acceptors (Lipinski definition) is 4. The summed E-state index contributed by atoms with van der Waals surface area (Å²) < 4.78 is 3.75. The molecular formula is C10H16N6S. The summed E-state index contributed by atoms with van der Waals surface area (Å²) in [6, 6.07) is 0. The molecule has 0 unspecified atom stereocenters. The fourth-order valence-corrected chi connectivity index (χ4v) is 2.08. The summed E-state index contributed by atoms with van der Waals surface area (Å²) >= 11 is 4.96. The first-order valence-electron chi connectivity index (χ1n) is 5.41. The Labute approximate surface area is 104 Å². The van der Waals surface area contributed by atoms with Crippen molar-refractivity contribution in [3.63, 3.8) is 0 Å². The summed E-state index contributed by atoms with van der Waals surface area (Å²) in [5, 5.41) is 11.1. The molecule has 7 heteroatoms. The highest BCUT2D eigenvalue weighted by Crippen LogP contribution is 2.14. The highest BCUT2D eigenvalue weighted by Gasteiger charge is 2.11. The molecule has 0 radical (unpaired) electrons. The Kier molecular flexibility index (Phi) is 3.01. The van der Waals surface area contributed by atoms with Crippen molar-refractivity contribution < 1.29 is 0 Å². The maximum absolute atomic E-state index is 5.75. The van der Waals surface area contributed by atoms with Crippen molar-refractivity contribution in [3.8, 4) is 0 Å². The monoisotopic (exact) mass is 252 g/mol. The van der Waals surface area contributed by atoms with Gasteiger partial charge in [0.25, 0.3) is 0 Å². The lowest BCUT2D eigenvalue weighted by Crippen LogP contribution is -2.13. The zero-order valence-electron chi connectivity index (χ0n) is 10.2. The number of nitrogens with two attached hydrogens (primary N) is 1. The molecule has 2 rings (SSSR count). The second-order valence-corrected chi connectivity index (χ2v) is 4.47. The number of aromatic amines is 1. The van der Waals surface area contributed by atoms with E-state index in [-0.39, 0.29) is 0 Å². The molecule has 3 N–H and O–H groups in total. The number of nitrogens with one attached hydrogen (secondary N) is 1. The van der Waals surface area contributed by atoms with E-state index in [1.807, 2.05) is 18.7 Å². The zero-order chi connectivity index (χ0) is 12.6. The van der Waals surface area contributed by atoms with Gasteiger partial charge in [0.15, 0.2) is 5.82 Å². The normalized spacial score (nSPS) is 11.0. The molecule has 6 nitrogen and oxygen atoms in total. The largest absolute Gasteiger partial charge is 0.335 e. The first kappa shape index (κ1) is 11.8. The maximum atomic E-state index is 5.75. The molecule has 0 saturated heterocycles. The molecule has 0 saturated carbocycles. The number of nitrogens with zero attached hydrogens (tertiary/aromatic N) is 4. The number of aromatic nitrogens is 5. The summed E-state index contributed by atoms with van der Waals surface area (Å²) in [4.78, 5) is 0. The Hall–Kier alpha value is -1.63. The summed E-state index contributed by atoms with van der Waals surface area (Å²) in [5.41, 5.74) is 3.49. The number of rotatable bonds is 3. The molecule has 0 aliphatic heterocycles. The molecule has 17 heavy (non-hydrogen) atoms. The third kappa shape index (κ3) is 2.10. The quantitative estimate of drug-likeness (QED) is 0.625. The maximum Gasteiger partial charge on any atom is 0.214 e. The molecule has 0 amide bonds. The van der Waals surface area contributed by atoms with Crippen LogP contribution in [0.3, 0.4) is 0 Å². The Balaban J connectivity index is 2.18. The molecule has 92 valence electrons. The van der Waals surface area contributed by atoms with Gasteiger partial charge in [0.05, 0.1) is 5.69 Å². The fourth-order valence-electron chi connectivity index (χ4n) is 1.93. The van der Waals surface area contributed by atoms with Crippen LogP contribution >= 0.6 is 12.2 Å². The second kappa shape index (κ2) is 4.33. The van der Waals surface area contributed by atoms with E-state index in [9.17, 15) is 0 Å². The topological polar surface area (TPSA) is 77.5 Å². The Morgan fingerprint density at radius 3 is 2.53 bits per heavy atom. The van der Waals surface area contributed by atoms with Gasteiger partial charge >= 0.3 is 0 Å². The van der Waals surface area contributed by atoms with Crippen LogP contribution in [0.2, 0.25) is 0 Å². The van der Waals surface area contributed by atoms with Gasteiger partial charge in [-0.1, -0.05) is 0 Å². The lowest BCUT2D eigenvalue weighted by molar-refractivity contribution is 0.728. The molecule has 0 atom stereocenters. The molecular weight excluding hydrogens is 236 g/mol. The van der Waals surface area contributed by atoms with E-state index in [0.717, 1.165) is 24.4 Å². The third-order valence-corrected chi connectivity index (χ3v) is 3.32. The van der Waals surface area contributed by atoms with Crippen LogP contribution in [0.4, 0.5) is 0 Å². The minimum atomic E-state index is 0.444. The van der Waals surface area contributed by atoms with Crippen LogP contribution in [0, 0.1) is 18.6 Å². The molecule has 0 aliphatic carbocycles. The van der Waals surface area contributed by atoms with Crippen molar-refractivity contribution in [1.29, 1.82) is 0 Å². The minimum Gasteiger partial charge on any atom is -0.335 e. The smallest absolute Gasteiger partial charge is 0.214 e. The van der Waals surface area contributed by atoms with Gasteiger partial charge in [0, 0.05) is 19.2 Å². The van der Waals surface area contributed by atoms with Crippen molar-refractivity contribution in [3.05, 3.63) is 27.5 Å². The van der Waals surface area contributed by atoms with Crippen molar-refractivity contribution >= 4 is 12.2 Å². The highest BCUT2D eigenvalue weighted by molar-refractivity contribution is 7.71. The standard InChI is InChI=1S/C10H16N6S/c1-6-8(7(2)15(3)14-6)4-5-9-12-13-10(17)16(9)11/h4-5,11H2,1-3H3,(H,13,17). The SMILES string of the molecule is Cc1nn(C)c(C)c1CCc1n[nH]c(=S)n1N. The highest BCUT2D eigenvalue weighted by atomic mass is 32.1. The van der Waals surface area contributed by atoms with Gasteiger partial charge in [-0.25, -0.2) is 4.68 Å². The summed E-state index contributed by atoms with van der Waals surface area (Å²) in [5.74, 6) is 6.51. The first-order valence-corrected chi connectivity index (χ1v) is 5.82. The summed E-state index contributed by atoms with van der Waals surface area (Å²) in [6.07, 6.45) is 1.61. The van der Waals surface area contributed by atoms with Crippen LogP contribution in [-0.4, -0.2) is 24.7 Å². The van der Waals surface area contributed by atoms with Gasteiger partial charge in [-0.3, -0.25) is 9.78 Å². The van der Waals surface area contributed by atoms with Gasteiger partial charge in [-0.2, -0.15) is 10.2 Å². The lowest BCUT2D eigenvalue weighted by Gasteiger charge is -2.02. The van der Waals surface area contributed by atoms with Gasteiger partial charge in [0.1, 0.15) is 0 Å². The van der Waals surface area contributed by atoms with Gasteiger partial charge in [-0.15, -0.1) is 0 Å². The number of hydrogen-bond donors (Lipinski definition) is 2. The van der Waals surface area contributed by atoms with Crippen LogP contribution < -0.4 is 5.84 Å². The molecule has 0 aromatic carbocycles. The summed E-state index contributed by atoms with van der Waals surface area (Å²) in [7, 11) is 1.95. The second-order valence-electron chi connectivity index (χ2n) is 4.09. The van der Waals surface area contributed by atoms with Crippen LogP contribution in [-0.2, 0) is 19.9 Å². The van der Waals surface area contributed by atoms with E-state index in [1.165, 1.54) is 15.9 Å². The van der Waals surface area contributed by atoms with Crippen LogP contribution in [0.15, 0.2) is 0 Å². The lowest BCUT2D eigenvalue weighted by atomic mass is 10.1. The summed E-state index contributed by atoms with van der Waals surface area (Å²) in [6.45, 7) is 4.08. The fraction of sp³-hybridized carbons (Fsp3) is 0.500. The molecule has 0 aliphatic rings. The predicted octanol–water partition coefficient (Wildman–Crippen LogP) is 0.790. The van der Waals surface area contributed by atoms with Crippen LogP contribution in [0.25, 0.3) is 0 Å². The Morgan fingerprint density at radius 1 is 1.35 bits per heavy atom. The first-order chi connectivity index (χ1) is 8.00. The Bertz CT molecular complexity index is 590. The van der Waals surface area contributed by atoms with Crippen molar-refractivity contribution in [2.75, 3.05) is 5.84 Å². The Morgan fingerprint density at radius 2 is 2.06 bits per heavy atom. The van der Waals surface area contributed by atoms with Crippen LogP contribution in [0.5, 0.6) is 0 Å². The number of aryl methyl sites for hydroxylation is 3. The molecule has 0 bridgehead atoms. The number of H-pyrrole nitrogens is 1. The molecule has 2 aromatic rings. The number of nitrogen functional groups attached to an aromatic ring is 1. The third-order valence-electron chi connectivity index (χ3n) is 3.03. The van der Waals surface area contributed by atoms with Gasteiger partial charge in [0.2, 0.25) is 4.77 Å². The van der Waals surface area contributed by atoms with E-state index in [1.54, 1.807) is 0 Å². The molecule has 0 fully saturated rings. The van der Waals surface area contributed by atoms with E-state index >= 15 is 0 Å². The predicted molar refractivity (Wildman–Crippen MR) is 67.7 cm³/mol. The molecule has 2 aromatic heterocycles. The van der Waals surface area contributed by atoms with Crippen molar-refractivity contribution in [2.24, 2.45) is 7.05 Å². The molecule has 2 heterocycles. The van der Waals surface area contributed by atoms with Gasteiger partial charge < -0.3 is 5.84 Å². The minimum absolute atomic E-state index is 0.444. The van der Waals surface area contributed by atoms with E-state index < -0.39 is 0 Å². The van der Waals surface area contributed by atoms with Gasteiger partial charge in [-0.05, 0) is 38.0 Å². The average molecular weight is 252 g/mol. The average Bonchev–Trinajstić information content (AvgIpc) is 2.71. The van der Waals surface area contributed by atoms with E-state index in [4.69, 9.17) is 18.1 Å². The molecule has 0 spiro atoms. The van der Waals surface area contributed by atoms with Crippen LogP contribution in [0.1, 0.15) is 22.8 Å². The van der Waals surface area contributed by atoms with E-state index in [0.29, 0.717) is 4.77 Å². The zero-order valence-corrected chi connectivity index (χ0v) is 11.0. The van der Waals surface area contributed by atoms with Crippen molar-refractivity contribution in [2.45, 2.75) is 26.7 Å². The van der Waals surface area contributed by atoms with E-state index in [2.05, 4.69) is 22.2 Å². The van der Waals surface area contributed by atoms with Crippen molar-refractivity contribution in [1.82, 2.24) is 24.7 Å².